The molecule has 0 atom stereocenters. The summed E-state index contributed by atoms with van der Waals surface area (Å²) in [6.07, 6.45) is 1.92. The fourth-order valence-electron chi connectivity index (χ4n) is 1.47. The summed E-state index contributed by atoms with van der Waals surface area (Å²) in [4.78, 5) is 8.59. The highest BCUT2D eigenvalue weighted by atomic mass is 79.9. The molecule has 0 saturated heterocycles. The molecule has 1 aromatic carbocycles. The van der Waals surface area contributed by atoms with Crippen molar-refractivity contribution in [1.82, 2.24) is 9.97 Å². The van der Waals surface area contributed by atoms with Crippen LogP contribution < -0.4 is 16.6 Å². The van der Waals surface area contributed by atoms with Gasteiger partial charge >= 0.3 is 0 Å². The average Bonchev–Trinajstić information content (AvgIpc) is 2.42. The topological polar surface area (TPSA) is 75.9 Å². The van der Waals surface area contributed by atoms with Gasteiger partial charge in [-0.3, -0.25) is 0 Å². The van der Waals surface area contributed by atoms with Crippen molar-refractivity contribution < 1.29 is 0 Å². The number of hydrogen-bond acceptors (Lipinski definition) is 6. The molecule has 0 unspecified atom stereocenters. The number of halogens is 1. The Balaban J connectivity index is 2.29. The summed E-state index contributed by atoms with van der Waals surface area (Å²) in [5.74, 6) is 6.67. The van der Waals surface area contributed by atoms with E-state index in [1.807, 2.05) is 31.4 Å². The Morgan fingerprint density at radius 3 is 2.58 bits per heavy atom. The quantitative estimate of drug-likeness (QED) is 0.343. The predicted molar refractivity (Wildman–Crippen MR) is 83.8 cm³/mol. The number of nitrogens with zero attached hydrogens (tertiary/aromatic N) is 2. The fourth-order valence-corrected chi connectivity index (χ4v) is 2.23. The molecule has 1 aromatic heterocycles. The molecule has 0 aliphatic heterocycles. The van der Waals surface area contributed by atoms with E-state index in [9.17, 15) is 0 Å². The Labute approximate surface area is 124 Å². The third-order valence-electron chi connectivity index (χ3n) is 2.48. The van der Waals surface area contributed by atoms with E-state index in [0.717, 1.165) is 10.2 Å². The van der Waals surface area contributed by atoms with Gasteiger partial charge in [-0.25, -0.2) is 15.8 Å². The molecule has 0 radical (unpaired) electrons. The van der Waals surface area contributed by atoms with Gasteiger partial charge in [-0.15, -0.1) is 0 Å². The van der Waals surface area contributed by atoms with Crippen molar-refractivity contribution in [2.75, 3.05) is 17.0 Å². The van der Waals surface area contributed by atoms with Gasteiger partial charge < -0.3 is 10.7 Å². The number of rotatable bonds is 4. The largest absolute Gasteiger partial charge is 0.340 e. The highest BCUT2D eigenvalue weighted by Crippen LogP contribution is 2.24. The lowest BCUT2D eigenvalue weighted by Gasteiger charge is -2.09. The van der Waals surface area contributed by atoms with Gasteiger partial charge in [0.05, 0.1) is 0 Å². The summed E-state index contributed by atoms with van der Waals surface area (Å²) in [6.45, 7) is 2.04. The van der Waals surface area contributed by atoms with Crippen LogP contribution in [0.15, 0.2) is 33.9 Å². The van der Waals surface area contributed by atoms with Gasteiger partial charge in [-0.05, 0) is 30.9 Å². The standard InChI is InChI=1S/C12H14BrN5S/c1-7-3-4-8(5-9(7)13)15-10-6-11(18-14)17-12(16-10)19-2/h3-6H,14H2,1-2H3,(H2,15,16,17,18). The van der Waals surface area contributed by atoms with E-state index in [0.29, 0.717) is 16.8 Å². The first kappa shape index (κ1) is 14.1. The van der Waals surface area contributed by atoms with Crippen LogP contribution in [-0.2, 0) is 0 Å². The van der Waals surface area contributed by atoms with Crippen LogP contribution in [0.3, 0.4) is 0 Å². The maximum absolute atomic E-state index is 5.39. The molecular formula is C12H14BrN5S. The van der Waals surface area contributed by atoms with Gasteiger partial charge in [-0.1, -0.05) is 33.8 Å². The van der Waals surface area contributed by atoms with Crippen molar-refractivity contribution in [1.29, 1.82) is 0 Å². The zero-order valence-corrected chi connectivity index (χ0v) is 13.0. The van der Waals surface area contributed by atoms with Gasteiger partial charge in [0.15, 0.2) is 5.16 Å². The van der Waals surface area contributed by atoms with Crippen LogP contribution in [-0.4, -0.2) is 16.2 Å². The molecule has 19 heavy (non-hydrogen) atoms. The third-order valence-corrected chi connectivity index (χ3v) is 3.88. The summed E-state index contributed by atoms with van der Waals surface area (Å²) in [7, 11) is 0. The lowest BCUT2D eigenvalue weighted by atomic mass is 10.2. The van der Waals surface area contributed by atoms with Crippen LogP contribution >= 0.6 is 27.7 Å². The first-order valence-corrected chi connectivity index (χ1v) is 7.57. The molecule has 7 heteroatoms. The summed E-state index contributed by atoms with van der Waals surface area (Å²) in [5.41, 5.74) is 4.67. The van der Waals surface area contributed by atoms with Crippen molar-refractivity contribution in [3.63, 3.8) is 0 Å². The van der Waals surface area contributed by atoms with Crippen LogP contribution in [0.2, 0.25) is 0 Å². The number of nitrogen functional groups attached to an aromatic ring is 1. The highest BCUT2D eigenvalue weighted by Gasteiger charge is 2.04. The number of hydrogen-bond donors (Lipinski definition) is 3. The minimum Gasteiger partial charge on any atom is -0.340 e. The maximum atomic E-state index is 5.39. The van der Waals surface area contributed by atoms with E-state index in [2.05, 4.69) is 36.6 Å². The van der Waals surface area contributed by atoms with Crippen LogP contribution in [0.1, 0.15) is 5.56 Å². The van der Waals surface area contributed by atoms with Crippen LogP contribution in [0.5, 0.6) is 0 Å². The van der Waals surface area contributed by atoms with E-state index < -0.39 is 0 Å². The SMILES string of the molecule is CSc1nc(NN)cc(Nc2ccc(C)c(Br)c2)n1. The van der Waals surface area contributed by atoms with Gasteiger partial charge in [0.1, 0.15) is 11.6 Å². The molecule has 1 heterocycles. The molecule has 5 nitrogen and oxygen atoms in total. The molecule has 100 valence electrons. The molecule has 0 amide bonds. The molecule has 2 rings (SSSR count). The smallest absolute Gasteiger partial charge is 0.191 e. The maximum Gasteiger partial charge on any atom is 0.191 e. The number of aromatic nitrogens is 2. The normalized spacial score (nSPS) is 10.3. The zero-order chi connectivity index (χ0) is 13.8. The number of nitrogens with one attached hydrogen (secondary N) is 2. The van der Waals surface area contributed by atoms with Crippen LogP contribution in [0.25, 0.3) is 0 Å². The first-order chi connectivity index (χ1) is 9.12. The zero-order valence-electron chi connectivity index (χ0n) is 10.6. The Morgan fingerprint density at radius 1 is 1.21 bits per heavy atom. The van der Waals surface area contributed by atoms with Gasteiger partial charge in [0.25, 0.3) is 0 Å². The lowest BCUT2D eigenvalue weighted by Crippen LogP contribution is -2.10. The minimum absolute atomic E-state index is 0.577. The Bertz CT molecular complexity index is 568. The number of thioether (sulfide) groups is 1. The first-order valence-electron chi connectivity index (χ1n) is 5.55. The molecule has 2 aromatic rings. The third kappa shape index (κ3) is 3.59. The van der Waals surface area contributed by atoms with E-state index in [1.54, 1.807) is 6.07 Å². The highest BCUT2D eigenvalue weighted by molar-refractivity contribution is 9.10. The molecule has 0 spiro atoms. The van der Waals surface area contributed by atoms with Gasteiger partial charge in [-0.2, -0.15) is 0 Å². The molecular weight excluding hydrogens is 326 g/mol. The summed E-state index contributed by atoms with van der Waals surface area (Å²) in [5, 5.41) is 3.89. The predicted octanol–water partition coefficient (Wildman–Crippen LogP) is 3.30. The molecule has 0 aliphatic carbocycles. The second kappa shape index (κ2) is 6.23. The summed E-state index contributed by atoms with van der Waals surface area (Å²) in [6, 6.07) is 7.79. The Hall–Kier alpha value is -1.31. The second-order valence-electron chi connectivity index (χ2n) is 3.86. The summed E-state index contributed by atoms with van der Waals surface area (Å²) < 4.78 is 1.05. The lowest BCUT2D eigenvalue weighted by molar-refractivity contribution is 0.971. The van der Waals surface area contributed by atoms with Crippen molar-refractivity contribution >= 4 is 45.0 Å². The van der Waals surface area contributed by atoms with E-state index >= 15 is 0 Å². The Morgan fingerprint density at radius 2 is 1.95 bits per heavy atom. The molecule has 0 aliphatic rings. The minimum atomic E-state index is 0.577. The second-order valence-corrected chi connectivity index (χ2v) is 5.49. The van der Waals surface area contributed by atoms with E-state index in [1.165, 1.54) is 17.3 Å². The van der Waals surface area contributed by atoms with E-state index in [4.69, 9.17) is 5.84 Å². The average molecular weight is 340 g/mol. The number of benzene rings is 1. The van der Waals surface area contributed by atoms with Gasteiger partial charge in [0, 0.05) is 16.2 Å². The van der Waals surface area contributed by atoms with Crippen molar-refractivity contribution in [3.05, 3.63) is 34.3 Å². The van der Waals surface area contributed by atoms with Crippen molar-refractivity contribution in [2.45, 2.75) is 12.1 Å². The van der Waals surface area contributed by atoms with Crippen molar-refractivity contribution in [3.8, 4) is 0 Å². The number of aryl methyl sites for hydroxylation is 1. The van der Waals surface area contributed by atoms with Crippen LogP contribution in [0.4, 0.5) is 17.3 Å². The van der Waals surface area contributed by atoms with Gasteiger partial charge in [0.2, 0.25) is 0 Å². The monoisotopic (exact) mass is 339 g/mol. The molecule has 0 fully saturated rings. The Kier molecular flexibility index (Phi) is 4.62. The number of hydrazine groups is 1. The summed E-state index contributed by atoms with van der Waals surface area (Å²) >= 11 is 4.97. The molecule has 0 bridgehead atoms. The number of nitrogens with two attached hydrogens (primary N) is 1. The molecule has 0 saturated carbocycles. The number of anilines is 3. The fraction of sp³-hybridized carbons (Fsp3) is 0.167. The molecule has 4 N–H and O–H groups in total. The van der Waals surface area contributed by atoms with Crippen LogP contribution in [0, 0.1) is 6.92 Å². The van der Waals surface area contributed by atoms with E-state index in [-0.39, 0.29) is 0 Å². The van der Waals surface area contributed by atoms with Crippen molar-refractivity contribution in [2.24, 2.45) is 5.84 Å².